The number of carbonyl (C=O) groups excluding carboxylic acids is 1. The summed E-state index contributed by atoms with van der Waals surface area (Å²) in [5.41, 5.74) is 1.85. The van der Waals surface area contributed by atoms with Crippen molar-refractivity contribution in [3.63, 3.8) is 0 Å². The molecule has 0 saturated carbocycles. The van der Waals surface area contributed by atoms with Crippen LogP contribution in [0.25, 0.3) is 0 Å². The summed E-state index contributed by atoms with van der Waals surface area (Å²) in [5.74, 6) is -1.10. The summed E-state index contributed by atoms with van der Waals surface area (Å²) >= 11 is 0. The number of benzene rings is 2. The van der Waals surface area contributed by atoms with Crippen molar-refractivity contribution < 1.29 is 14.7 Å². The summed E-state index contributed by atoms with van der Waals surface area (Å²) in [7, 11) is 1.75. The molecule has 0 radical (unpaired) electrons. The van der Waals surface area contributed by atoms with Crippen LogP contribution in [-0.4, -0.2) is 35.5 Å². The number of amides is 1. The average Bonchev–Trinajstić information content (AvgIpc) is 2.53. The molecule has 4 nitrogen and oxygen atoms in total. The molecule has 0 aromatic heterocycles. The molecule has 0 aliphatic heterocycles. The zero-order valence-electron chi connectivity index (χ0n) is 11.8. The Morgan fingerprint density at radius 3 is 2.10 bits per heavy atom. The van der Waals surface area contributed by atoms with Crippen LogP contribution in [0.5, 0.6) is 0 Å². The highest BCUT2D eigenvalue weighted by atomic mass is 16.4. The smallest absolute Gasteiger partial charge is 0.335 e. The maximum atomic E-state index is 12.2. The molecular formula is C17H17NO3. The second kappa shape index (κ2) is 6.70. The summed E-state index contributed by atoms with van der Waals surface area (Å²) in [4.78, 5) is 24.6. The van der Waals surface area contributed by atoms with Crippen LogP contribution < -0.4 is 0 Å². The lowest BCUT2D eigenvalue weighted by Crippen LogP contribution is -2.28. The minimum absolute atomic E-state index is 0.108. The molecule has 0 spiro atoms. The van der Waals surface area contributed by atoms with Gasteiger partial charge in [-0.05, 0) is 36.2 Å². The van der Waals surface area contributed by atoms with Crippen LogP contribution >= 0.6 is 0 Å². The molecule has 0 aliphatic rings. The van der Waals surface area contributed by atoms with Gasteiger partial charge >= 0.3 is 5.97 Å². The van der Waals surface area contributed by atoms with Crippen molar-refractivity contribution in [3.8, 4) is 0 Å². The molecule has 0 aliphatic carbocycles. The Morgan fingerprint density at radius 2 is 1.52 bits per heavy atom. The van der Waals surface area contributed by atoms with Crippen molar-refractivity contribution in [2.45, 2.75) is 6.42 Å². The number of nitrogens with zero attached hydrogens (tertiary/aromatic N) is 1. The third-order valence-electron chi connectivity index (χ3n) is 3.30. The van der Waals surface area contributed by atoms with E-state index in [4.69, 9.17) is 5.11 Å². The normalized spacial score (nSPS) is 10.1. The van der Waals surface area contributed by atoms with Crippen LogP contribution in [0.1, 0.15) is 26.3 Å². The molecule has 1 N–H and O–H groups in total. The molecule has 0 bridgehead atoms. The van der Waals surface area contributed by atoms with Crippen LogP contribution in [0, 0.1) is 0 Å². The fourth-order valence-electron chi connectivity index (χ4n) is 2.02. The summed E-state index contributed by atoms with van der Waals surface area (Å²) in [6.45, 7) is 0.615. The number of carboxylic acid groups (broad SMARTS) is 1. The lowest BCUT2D eigenvalue weighted by molar-refractivity contribution is 0.0695. The van der Waals surface area contributed by atoms with E-state index in [9.17, 15) is 9.59 Å². The lowest BCUT2D eigenvalue weighted by Gasteiger charge is -2.17. The molecule has 0 fully saturated rings. The predicted molar refractivity (Wildman–Crippen MR) is 80.5 cm³/mol. The Balaban J connectivity index is 1.97. The quantitative estimate of drug-likeness (QED) is 0.918. The molecule has 0 atom stereocenters. The molecule has 108 valence electrons. The third kappa shape index (κ3) is 3.92. The van der Waals surface area contributed by atoms with E-state index in [0.717, 1.165) is 6.42 Å². The second-order valence-corrected chi connectivity index (χ2v) is 4.84. The van der Waals surface area contributed by atoms with Crippen LogP contribution in [0.4, 0.5) is 0 Å². The first kappa shape index (κ1) is 14.8. The third-order valence-corrected chi connectivity index (χ3v) is 3.30. The monoisotopic (exact) mass is 283 g/mol. The number of carboxylic acids is 1. The highest BCUT2D eigenvalue weighted by Gasteiger charge is 2.12. The SMILES string of the molecule is CN(CCc1ccccc1)C(=O)c1ccc(C(=O)O)cc1. The fourth-order valence-corrected chi connectivity index (χ4v) is 2.02. The first-order valence-electron chi connectivity index (χ1n) is 6.70. The van der Waals surface area contributed by atoms with Gasteiger partial charge in [0, 0.05) is 19.2 Å². The summed E-state index contributed by atoms with van der Waals surface area (Å²) < 4.78 is 0. The van der Waals surface area contributed by atoms with E-state index in [-0.39, 0.29) is 11.5 Å². The molecular weight excluding hydrogens is 266 g/mol. The number of rotatable bonds is 5. The fraction of sp³-hybridized carbons (Fsp3) is 0.176. The van der Waals surface area contributed by atoms with E-state index in [1.807, 2.05) is 30.3 Å². The number of hydrogen-bond acceptors (Lipinski definition) is 2. The molecule has 0 saturated heterocycles. The topological polar surface area (TPSA) is 57.6 Å². The van der Waals surface area contributed by atoms with Gasteiger partial charge in [-0.1, -0.05) is 30.3 Å². The van der Waals surface area contributed by atoms with Gasteiger partial charge in [-0.25, -0.2) is 4.79 Å². The maximum absolute atomic E-state index is 12.2. The summed E-state index contributed by atoms with van der Waals surface area (Å²) in [6, 6.07) is 15.9. The Morgan fingerprint density at radius 1 is 0.952 bits per heavy atom. The minimum atomic E-state index is -0.994. The zero-order chi connectivity index (χ0) is 15.2. The highest BCUT2D eigenvalue weighted by Crippen LogP contribution is 2.08. The van der Waals surface area contributed by atoms with Crippen molar-refractivity contribution in [3.05, 3.63) is 71.3 Å². The first-order chi connectivity index (χ1) is 10.1. The van der Waals surface area contributed by atoms with E-state index in [1.165, 1.54) is 17.7 Å². The van der Waals surface area contributed by atoms with Gasteiger partial charge in [0.25, 0.3) is 5.91 Å². The van der Waals surface area contributed by atoms with Gasteiger partial charge in [0.2, 0.25) is 0 Å². The molecule has 0 unspecified atom stereocenters. The van der Waals surface area contributed by atoms with Gasteiger partial charge in [-0.2, -0.15) is 0 Å². The van der Waals surface area contributed by atoms with Crippen molar-refractivity contribution in [2.75, 3.05) is 13.6 Å². The summed E-state index contributed by atoms with van der Waals surface area (Å²) in [6.07, 6.45) is 0.788. The molecule has 21 heavy (non-hydrogen) atoms. The molecule has 2 rings (SSSR count). The largest absolute Gasteiger partial charge is 0.478 e. The van der Waals surface area contributed by atoms with Gasteiger partial charge in [-0.3, -0.25) is 4.79 Å². The van der Waals surface area contributed by atoms with Crippen molar-refractivity contribution >= 4 is 11.9 Å². The van der Waals surface area contributed by atoms with E-state index >= 15 is 0 Å². The van der Waals surface area contributed by atoms with Crippen LogP contribution in [0.3, 0.4) is 0 Å². The molecule has 4 heteroatoms. The minimum Gasteiger partial charge on any atom is -0.478 e. The van der Waals surface area contributed by atoms with Gasteiger partial charge in [0.1, 0.15) is 0 Å². The van der Waals surface area contributed by atoms with Crippen LogP contribution in [0.2, 0.25) is 0 Å². The maximum Gasteiger partial charge on any atom is 0.335 e. The van der Waals surface area contributed by atoms with Crippen molar-refractivity contribution in [1.29, 1.82) is 0 Å². The number of aromatic carboxylic acids is 1. The lowest BCUT2D eigenvalue weighted by atomic mass is 10.1. The Hall–Kier alpha value is -2.62. The van der Waals surface area contributed by atoms with Gasteiger partial charge in [0.05, 0.1) is 5.56 Å². The number of likely N-dealkylation sites (N-methyl/N-ethyl adjacent to an activating group) is 1. The first-order valence-corrected chi connectivity index (χ1v) is 6.70. The van der Waals surface area contributed by atoms with E-state index in [1.54, 1.807) is 24.1 Å². The average molecular weight is 283 g/mol. The van der Waals surface area contributed by atoms with Crippen LogP contribution in [0.15, 0.2) is 54.6 Å². The van der Waals surface area contributed by atoms with E-state index < -0.39 is 5.97 Å². The summed E-state index contributed by atoms with van der Waals surface area (Å²) in [5, 5.41) is 8.84. The standard InChI is InChI=1S/C17H17NO3/c1-18(12-11-13-5-3-2-4-6-13)16(19)14-7-9-15(10-8-14)17(20)21/h2-10H,11-12H2,1H3,(H,20,21). The van der Waals surface area contributed by atoms with Gasteiger partial charge in [-0.15, -0.1) is 0 Å². The molecule has 1 amide bonds. The molecule has 2 aromatic rings. The predicted octanol–water partition coefficient (Wildman–Crippen LogP) is 2.70. The van der Waals surface area contributed by atoms with Crippen LogP contribution in [-0.2, 0) is 6.42 Å². The Kier molecular flexibility index (Phi) is 4.72. The van der Waals surface area contributed by atoms with Gasteiger partial charge in [0.15, 0.2) is 0 Å². The molecule has 2 aromatic carbocycles. The van der Waals surface area contributed by atoms with E-state index in [2.05, 4.69) is 0 Å². The number of hydrogen-bond donors (Lipinski definition) is 1. The Labute approximate surface area is 123 Å². The molecule has 0 heterocycles. The van der Waals surface area contributed by atoms with Gasteiger partial charge < -0.3 is 10.0 Å². The van der Waals surface area contributed by atoms with E-state index in [0.29, 0.717) is 12.1 Å². The van der Waals surface area contributed by atoms with Crippen molar-refractivity contribution in [1.82, 2.24) is 4.90 Å². The highest BCUT2D eigenvalue weighted by molar-refractivity contribution is 5.95. The van der Waals surface area contributed by atoms with Crippen molar-refractivity contribution in [2.24, 2.45) is 0 Å². The zero-order valence-corrected chi connectivity index (χ0v) is 11.8. The number of carbonyl (C=O) groups is 2. The second-order valence-electron chi connectivity index (χ2n) is 4.84. The Bertz CT molecular complexity index is 620.